The minimum Gasteiger partial charge on any atom is -0.458 e. The van der Waals surface area contributed by atoms with Crippen LogP contribution in [-0.4, -0.2) is 14.1 Å². The highest BCUT2D eigenvalue weighted by atomic mass is 16.5. The van der Waals surface area contributed by atoms with E-state index in [0.717, 1.165) is 50.8 Å². The van der Waals surface area contributed by atoms with Crippen molar-refractivity contribution in [3.63, 3.8) is 0 Å². The molecule has 0 spiro atoms. The van der Waals surface area contributed by atoms with Gasteiger partial charge < -0.3 is 4.74 Å². The number of rotatable bonds is 9. The molecule has 5 heteroatoms. The van der Waals surface area contributed by atoms with Gasteiger partial charge in [0, 0.05) is 40.1 Å². The predicted molar refractivity (Wildman–Crippen MR) is 259 cm³/mol. The molecule has 9 aromatic rings. The lowest BCUT2D eigenvalue weighted by Crippen LogP contribution is -2.40. The van der Waals surface area contributed by atoms with E-state index in [-0.39, 0.29) is 21.7 Å². The Labute approximate surface area is 373 Å². The zero-order valence-corrected chi connectivity index (χ0v) is 38.4. The first-order chi connectivity index (χ1) is 30.0. The zero-order chi connectivity index (χ0) is 44.3. The summed E-state index contributed by atoms with van der Waals surface area (Å²) in [6.07, 6.45) is 7.91. The van der Waals surface area contributed by atoms with Crippen LogP contribution in [0.25, 0.3) is 39.0 Å². The number of aromatic nitrogens is 4. The zero-order valence-electron chi connectivity index (χ0n) is 38.4. The Balaban J connectivity index is 1.13. The van der Waals surface area contributed by atoms with Gasteiger partial charge in [-0.15, -0.1) is 0 Å². The topological polar surface area (TPSA) is 35.9 Å². The van der Waals surface area contributed by atoms with Crippen LogP contribution in [-0.2, 0) is 21.7 Å². The summed E-state index contributed by atoms with van der Waals surface area (Å²) in [5, 5.41) is 2.37. The van der Waals surface area contributed by atoms with Crippen LogP contribution in [0.5, 0.6) is 11.5 Å². The summed E-state index contributed by atoms with van der Waals surface area (Å²) in [5.41, 5.74) is 11.0. The molecular weight excluding hydrogens is 769 g/mol. The van der Waals surface area contributed by atoms with E-state index in [1.54, 1.807) is 0 Å². The molecule has 0 bridgehead atoms. The Kier molecular flexibility index (Phi) is 10.3. The van der Waals surface area contributed by atoms with Crippen LogP contribution in [0.1, 0.15) is 103 Å². The lowest BCUT2D eigenvalue weighted by atomic mass is 9.78. The second-order valence-electron chi connectivity index (χ2n) is 20.1. The number of pyridine rings is 1. The average molecular weight is 827 g/mol. The monoisotopic (exact) mass is 826 g/mol. The summed E-state index contributed by atoms with van der Waals surface area (Å²) < 4.78 is 13.4. The molecule has 9 rings (SSSR count). The molecule has 0 aliphatic carbocycles. The molecule has 6 aromatic carbocycles. The van der Waals surface area contributed by atoms with Crippen LogP contribution in [0.15, 0.2) is 170 Å². The summed E-state index contributed by atoms with van der Waals surface area (Å²) in [7, 11) is 0. The first-order valence-corrected chi connectivity index (χ1v) is 22.1. The van der Waals surface area contributed by atoms with E-state index in [1.165, 1.54) is 33.2 Å². The van der Waals surface area contributed by atoms with Gasteiger partial charge in [0.05, 0.1) is 28.1 Å². The van der Waals surface area contributed by atoms with Crippen molar-refractivity contribution in [1.29, 1.82) is 0 Å². The second-order valence-corrected chi connectivity index (χ2v) is 20.1. The molecule has 5 nitrogen and oxygen atoms in total. The number of fused-ring (bicyclic) bond motifs is 3. The number of hydrogen-bond acceptors (Lipinski definition) is 2. The number of benzene rings is 6. The third kappa shape index (κ3) is 7.86. The molecule has 3 aromatic heterocycles. The third-order valence-electron chi connectivity index (χ3n) is 12.9. The second kappa shape index (κ2) is 15.6. The van der Waals surface area contributed by atoms with E-state index in [9.17, 15) is 0 Å². The van der Waals surface area contributed by atoms with E-state index >= 15 is 0 Å². The summed E-state index contributed by atoms with van der Waals surface area (Å²) in [5.74, 6) is 2.38. The molecular formula is C58H58N4O. The van der Waals surface area contributed by atoms with Crippen molar-refractivity contribution in [2.45, 2.75) is 90.9 Å². The van der Waals surface area contributed by atoms with Crippen LogP contribution >= 0.6 is 0 Å². The van der Waals surface area contributed by atoms with Gasteiger partial charge in [0.25, 0.3) is 6.33 Å². The summed E-state index contributed by atoms with van der Waals surface area (Å²) in [6.45, 7) is 22.7. The smallest absolute Gasteiger partial charge is 0.269 e. The van der Waals surface area contributed by atoms with Crippen molar-refractivity contribution in [2.24, 2.45) is 0 Å². The Morgan fingerprint density at radius 1 is 0.492 bits per heavy atom. The molecule has 0 aliphatic heterocycles. The predicted octanol–water partition coefficient (Wildman–Crippen LogP) is 14.1. The van der Waals surface area contributed by atoms with Crippen LogP contribution in [0.4, 0.5) is 0 Å². The minimum absolute atomic E-state index is 0.0128. The third-order valence-corrected chi connectivity index (χ3v) is 12.9. The number of ether oxygens (including phenoxy) is 1. The average Bonchev–Trinajstić information content (AvgIpc) is 3.87. The normalized spacial score (nSPS) is 12.6. The SMILES string of the molecule is CC(C)(C)c1ccnc(-n2c3ccc(C(C)(C)C)cc3c3ccc(Oc4cccc(-n5[c-][n+](-c6cccc(C(C)(C)c7ccccc7)c6)c(C(C)(C)c6ccccc6)c5)c4)cc32)c1. The Morgan fingerprint density at radius 3 is 1.83 bits per heavy atom. The molecule has 3 heterocycles. The summed E-state index contributed by atoms with van der Waals surface area (Å²) in [6, 6.07) is 56.3. The van der Waals surface area contributed by atoms with E-state index in [4.69, 9.17) is 9.72 Å². The fourth-order valence-corrected chi connectivity index (χ4v) is 8.82. The lowest BCUT2D eigenvalue weighted by molar-refractivity contribution is -0.611. The summed E-state index contributed by atoms with van der Waals surface area (Å²) in [4.78, 5) is 4.94. The molecule has 63 heavy (non-hydrogen) atoms. The molecule has 0 saturated heterocycles. The first kappa shape index (κ1) is 41.6. The highest BCUT2D eigenvalue weighted by Gasteiger charge is 2.30. The molecule has 0 fully saturated rings. The van der Waals surface area contributed by atoms with Crippen molar-refractivity contribution in [1.82, 2.24) is 14.1 Å². The van der Waals surface area contributed by atoms with Gasteiger partial charge in [-0.3, -0.25) is 13.7 Å². The summed E-state index contributed by atoms with van der Waals surface area (Å²) >= 11 is 0. The van der Waals surface area contributed by atoms with Crippen molar-refractivity contribution in [2.75, 3.05) is 0 Å². The van der Waals surface area contributed by atoms with Gasteiger partial charge >= 0.3 is 0 Å². The van der Waals surface area contributed by atoms with Crippen LogP contribution in [0, 0.1) is 6.33 Å². The van der Waals surface area contributed by atoms with Gasteiger partial charge in [0.1, 0.15) is 17.3 Å². The molecule has 0 radical (unpaired) electrons. The van der Waals surface area contributed by atoms with Crippen molar-refractivity contribution >= 4 is 21.8 Å². The molecule has 0 unspecified atom stereocenters. The van der Waals surface area contributed by atoms with Gasteiger partial charge in [-0.25, -0.2) is 4.98 Å². The molecule has 0 atom stereocenters. The van der Waals surface area contributed by atoms with Gasteiger partial charge in [-0.05, 0) is 105 Å². The maximum Gasteiger partial charge on any atom is 0.269 e. The fraction of sp³-hybridized carbons (Fsp3) is 0.241. The van der Waals surface area contributed by atoms with Crippen LogP contribution < -0.4 is 9.30 Å². The Bertz CT molecular complexity index is 3100. The highest BCUT2D eigenvalue weighted by Crippen LogP contribution is 2.39. The fourth-order valence-electron chi connectivity index (χ4n) is 8.82. The molecule has 0 amide bonds. The van der Waals surface area contributed by atoms with E-state index < -0.39 is 0 Å². The Morgan fingerprint density at radius 2 is 1.13 bits per heavy atom. The van der Waals surface area contributed by atoms with Crippen molar-refractivity contribution < 1.29 is 9.30 Å². The van der Waals surface area contributed by atoms with Gasteiger partial charge in [0.15, 0.2) is 0 Å². The maximum absolute atomic E-state index is 6.78. The van der Waals surface area contributed by atoms with E-state index in [1.807, 2.05) is 12.3 Å². The molecule has 0 saturated carbocycles. The van der Waals surface area contributed by atoms with Gasteiger partial charge in [-0.2, -0.15) is 0 Å². The van der Waals surface area contributed by atoms with Crippen molar-refractivity contribution in [3.05, 3.63) is 210 Å². The number of nitrogens with zero attached hydrogens (tertiary/aromatic N) is 4. The number of hydrogen-bond donors (Lipinski definition) is 0. The molecule has 0 N–H and O–H groups in total. The highest BCUT2D eigenvalue weighted by molar-refractivity contribution is 6.09. The minimum atomic E-state index is -0.342. The van der Waals surface area contributed by atoms with Crippen LogP contribution in [0.3, 0.4) is 0 Å². The van der Waals surface area contributed by atoms with Crippen LogP contribution in [0.2, 0.25) is 0 Å². The standard InChI is InChI=1S/C58H58N4O/c1-55(2,3)42-27-30-51-50(34-42)49-29-28-48(37-52(49)62(51)54-35-43(31-32-59-54)56(4,5)6)63-47-26-18-24-45(36-47)60-38-53(58(9,10)41-21-15-12-16-22-41)61(39-60)46-25-17-23-44(33-46)57(7,8)40-19-13-11-14-20-40/h11-38H,1-10H3. The van der Waals surface area contributed by atoms with Crippen molar-refractivity contribution in [3.8, 4) is 28.7 Å². The largest absolute Gasteiger partial charge is 0.458 e. The lowest BCUT2D eigenvalue weighted by Gasteiger charge is -2.29. The van der Waals surface area contributed by atoms with E-state index in [0.29, 0.717) is 0 Å². The van der Waals surface area contributed by atoms with Gasteiger partial charge in [-0.1, -0.05) is 154 Å². The quantitative estimate of drug-likeness (QED) is 0.107. The molecule has 316 valence electrons. The maximum atomic E-state index is 6.78. The number of imidazole rings is 1. The van der Waals surface area contributed by atoms with E-state index in [2.05, 4.69) is 247 Å². The van der Waals surface area contributed by atoms with Gasteiger partial charge in [0.2, 0.25) is 0 Å². The first-order valence-electron chi connectivity index (χ1n) is 22.1. The Hall–Kier alpha value is -6.72. The molecule has 0 aliphatic rings.